The van der Waals surface area contributed by atoms with Crippen molar-refractivity contribution in [1.29, 1.82) is 0 Å². The van der Waals surface area contributed by atoms with E-state index in [4.69, 9.17) is 61.2 Å². The zero-order chi connectivity index (χ0) is 20.1. The number of carbonyl (C=O) groups excluding carboxylic acids is 1. The first-order chi connectivity index (χ1) is 12.8. The second-order valence-corrected chi connectivity index (χ2v) is 6.72. The standard InChI is InChI=1S/C17H15Cl3N2O4S/c1-24-13-7-12(14(25-2)6-10(13)19)21-17(27)22-16(23)9-4-8(18)5-11(20)15(9)26-3/h4-7H,1-3H3,(H2,21,22,23,27). The van der Waals surface area contributed by atoms with Gasteiger partial charge in [0.15, 0.2) is 5.11 Å². The molecule has 0 unspecified atom stereocenters. The van der Waals surface area contributed by atoms with Gasteiger partial charge in [-0.3, -0.25) is 10.1 Å². The van der Waals surface area contributed by atoms with Gasteiger partial charge in [0.05, 0.1) is 42.6 Å². The lowest BCUT2D eigenvalue weighted by Crippen LogP contribution is -2.34. The van der Waals surface area contributed by atoms with E-state index in [-0.39, 0.29) is 26.5 Å². The maximum atomic E-state index is 12.5. The highest BCUT2D eigenvalue weighted by molar-refractivity contribution is 7.80. The lowest BCUT2D eigenvalue weighted by molar-refractivity contribution is 0.0974. The van der Waals surface area contributed by atoms with Crippen molar-refractivity contribution in [3.63, 3.8) is 0 Å². The van der Waals surface area contributed by atoms with Gasteiger partial charge in [0.2, 0.25) is 0 Å². The van der Waals surface area contributed by atoms with Crippen LogP contribution in [0.4, 0.5) is 5.69 Å². The average molecular weight is 450 g/mol. The minimum absolute atomic E-state index is 0.0147. The van der Waals surface area contributed by atoms with Gasteiger partial charge in [-0.15, -0.1) is 0 Å². The SMILES string of the molecule is COc1cc(NC(=S)NC(=O)c2cc(Cl)cc(Cl)c2OC)c(OC)cc1Cl. The number of thiocarbonyl (C=S) groups is 1. The fourth-order valence-corrected chi connectivity index (χ4v) is 3.22. The first-order valence-electron chi connectivity index (χ1n) is 7.37. The van der Waals surface area contributed by atoms with Crippen LogP contribution in [0, 0.1) is 0 Å². The highest BCUT2D eigenvalue weighted by Crippen LogP contribution is 2.36. The summed E-state index contributed by atoms with van der Waals surface area (Å²) in [5.74, 6) is 0.471. The molecule has 0 bridgehead atoms. The van der Waals surface area contributed by atoms with Crippen LogP contribution in [0.5, 0.6) is 17.2 Å². The van der Waals surface area contributed by atoms with Gasteiger partial charge in [0.25, 0.3) is 5.91 Å². The zero-order valence-corrected chi connectivity index (χ0v) is 17.6. The Balaban J connectivity index is 2.23. The smallest absolute Gasteiger partial charge is 0.261 e. The van der Waals surface area contributed by atoms with Crippen LogP contribution < -0.4 is 24.8 Å². The Morgan fingerprint density at radius 3 is 2.19 bits per heavy atom. The number of anilines is 1. The van der Waals surface area contributed by atoms with Crippen LogP contribution in [0.25, 0.3) is 0 Å². The van der Waals surface area contributed by atoms with Crippen LogP contribution in [-0.2, 0) is 0 Å². The second kappa shape index (κ2) is 9.32. The average Bonchev–Trinajstić information content (AvgIpc) is 2.62. The van der Waals surface area contributed by atoms with Gasteiger partial charge < -0.3 is 19.5 Å². The number of benzene rings is 2. The number of amides is 1. The maximum Gasteiger partial charge on any atom is 0.261 e. The van der Waals surface area contributed by atoms with Crippen molar-refractivity contribution in [2.75, 3.05) is 26.6 Å². The Kier molecular flexibility index (Phi) is 7.38. The molecule has 0 saturated carbocycles. The molecule has 2 rings (SSSR count). The summed E-state index contributed by atoms with van der Waals surface area (Å²) in [7, 11) is 4.35. The summed E-state index contributed by atoms with van der Waals surface area (Å²) in [4.78, 5) is 12.5. The van der Waals surface area contributed by atoms with Crippen molar-refractivity contribution in [2.24, 2.45) is 0 Å². The van der Waals surface area contributed by atoms with E-state index in [2.05, 4.69) is 10.6 Å². The number of rotatable bonds is 5. The topological polar surface area (TPSA) is 68.8 Å². The molecule has 10 heteroatoms. The molecular formula is C17H15Cl3N2O4S. The predicted octanol–water partition coefficient (Wildman–Crippen LogP) is 4.80. The molecule has 0 saturated heterocycles. The Morgan fingerprint density at radius 2 is 1.59 bits per heavy atom. The molecule has 144 valence electrons. The Morgan fingerprint density at radius 1 is 0.926 bits per heavy atom. The van der Waals surface area contributed by atoms with Crippen molar-refractivity contribution in [3.8, 4) is 17.2 Å². The predicted molar refractivity (Wildman–Crippen MR) is 111 cm³/mol. The summed E-state index contributed by atoms with van der Waals surface area (Å²) in [6.07, 6.45) is 0. The van der Waals surface area contributed by atoms with Crippen LogP contribution in [0.15, 0.2) is 24.3 Å². The third-order valence-corrected chi connectivity index (χ3v) is 4.40. The molecule has 0 heterocycles. The lowest BCUT2D eigenvalue weighted by atomic mass is 10.2. The van der Waals surface area contributed by atoms with E-state index in [1.54, 1.807) is 12.1 Å². The van der Waals surface area contributed by atoms with E-state index in [1.807, 2.05) is 0 Å². The highest BCUT2D eigenvalue weighted by atomic mass is 35.5. The number of hydrogen-bond acceptors (Lipinski definition) is 5. The fraction of sp³-hybridized carbons (Fsp3) is 0.176. The van der Waals surface area contributed by atoms with Crippen LogP contribution in [0.1, 0.15) is 10.4 Å². The quantitative estimate of drug-likeness (QED) is 0.639. The van der Waals surface area contributed by atoms with E-state index in [0.717, 1.165) is 0 Å². The monoisotopic (exact) mass is 448 g/mol. The fourth-order valence-electron chi connectivity index (χ4n) is 2.22. The summed E-state index contributed by atoms with van der Waals surface area (Å²) in [5, 5.41) is 6.27. The van der Waals surface area contributed by atoms with Gasteiger partial charge >= 0.3 is 0 Å². The molecule has 0 radical (unpaired) electrons. The molecule has 0 aliphatic rings. The number of nitrogens with one attached hydrogen (secondary N) is 2. The molecule has 2 aromatic rings. The molecule has 0 atom stereocenters. The summed E-state index contributed by atoms with van der Waals surface area (Å²) in [6.45, 7) is 0. The molecule has 2 aromatic carbocycles. The Labute approximate surface area is 176 Å². The first kappa shape index (κ1) is 21.4. The second-order valence-electron chi connectivity index (χ2n) is 5.06. The Hall–Kier alpha value is -1.93. The maximum absolute atomic E-state index is 12.5. The normalized spacial score (nSPS) is 10.1. The third kappa shape index (κ3) is 5.07. The molecule has 2 N–H and O–H groups in total. The summed E-state index contributed by atoms with van der Waals surface area (Å²) in [5.41, 5.74) is 0.597. The Bertz CT molecular complexity index is 893. The van der Waals surface area contributed by atoms with E-state index >= 15 is 0 Å². The molecule has 0 fully saturated rings. The molecule has 6 nitrogen and oxygen atoms in total. The third-order valence-electron chi connectivity index (χ3n) is 3.41. The van der Waals surface area contributed by atoms with Gasteiger partial charge in [-0.05, 0) is 24.4 Å². The molecule has 0 aliphatic heterocycles. The largest absolute Gasteiger partial charge is 0.495 e. The van der Waals surface area contributed by atoms with Gasteiger partial charge in [-0.1, -0.05) is 34.8 Å². The van der Waals surface area contributed by atoms with Crippen LogP contribution in [0.2, 0.25) is 15.1 Å². The van der Waals surface area contributed by atoms with E-state index in [9.17, 15) is 4.79 Å². The molecule has 0 spiro atoms. The van der Waals surface area contributed by atoms with Crippen LogP contribution in [0.3, 0.4) is 0 Å². The van der Waals surface area contributed by atoms with Gasteiger partial charge in [-0.2, -0.15) is 0 Å². The highest BCUT2D eigenvalue weighted by Gasteiger charge is 2.19. The van der Waals surface area contributed by atoms with Gasteiger partial charge in [-0.25, -0.2) is 0 Å². The van der Waals surface area contributed by atoms with E-state index in [1.165, 1.54) is 33.5 Å². The molecule has 1 amide bonds. The summed E-state index contributed by atoms with van der Waals surface area (Å²) in [6, 6.07) is 6.06. The number of ether oxygens (including phenoxy) is 3. The lowest BCUT2D eigenvalue weighted by Gasteiger charge is -2.16. The molecular weight excluding hydrogens is 435 g/mol. The van der Waals surface area contributed by atoms with Crippen LogP contribution in [-0.4, -0.2) is 32.3 Å². The number of hydrogen-bond donors (Lipinski definition) is 2. The van der Waals surface area contributed by atoms with Crippen LogP contribution >= 0.6 is 47.0 Å². The minimum Gasteiger partial charge on any atom is -0.495 e. The van der Waals surface area contributed by atoms with Crippen molar-refractivity contribution in [1.82, 2.24) is 5.32 Å². The number of carbonyl (C=O) groups is 1. The van der Waals surface area contributed by atoms with Gasteiger partial charge in [0, 0.05) is 17.2 Å². The first-order valence-corrected chi connectivity index (χ1v) is 8.91. The van der Waals surface area contributed by atoms with Crippen molar-refractivity contribution < 1.29 is 19.0 Å². The van der Waals surface area contributed by atoms with E-state index in [0.29, 0.717) is 22.2 Å². The number of methoxy groups -OCH3 is 3. The van der Waals surface area contributed by atoms with Gasteiger partial charge in [0.1, 0.15) is 17.2 Å². The molecule has 27 heavy (non-hydrogen) atoms. The molecule has 0 aliphatic carbocycles. The van der Waals surface area contributed by atoms with E-state index < -0.39 is 5.91 Å². The van der Waals surface area contributed by atoms with Crippen molar-refractivity contribution in [2.45, 2.75) is 0 Å². The number of halogens is 3. The van der Waals surface area contributed by atoms with Crippen molar-refractivity contribution in [3.05, 3.63) is 44.9 Å². The summed E-state index contributed by atoms with van der Waals surface area (Å²) >= 11 is 23.3. The zero-order valence-electron chi connectivity index (χ0n) is 14.5. The molecule has 0 aromatic heterocycles. The minimum atomic E-state index is -0.548. The summed E-state index contributed by atoms with van der Waals surface area (Å²) < 4.78 is 15.6. The van der Waals surface area contributed by atoms with Crippen molar-refractivity contribution >= 4 is 63.7 Å².